The Morgan fingerprint density at radius 1 is 1.06 bits per heavy atom. The summed E-state index contributed by atoms with van der Waals surface area (Å²) in [5, 5.41) is 5.52. The van der Waals surface area contributed by atoms with Crippen LogP contribution in [0.25, 0.3) is 0 Å². The number of hydrogen-bond acceptors (Lipinski definition) is 5. The molecule has 1 saturated heterocycles. The molecule has 1 aliphatic rings. The van der Waals surface area contributed by atoms with E-state index >= 15 is 0 Å². The molecule has 1 heterocycles. The van der Waals surface area contributed by atoms with Crippen LogP contribution in [0.3, 0.4) is 0 Å². The second-order valence-corrected chi connectivity index (χ2v) is 9.05. The average Bonchev–Trinajstić information content (AvgIpc) is 2.76. The third kappa shape index (κ3) is 8.61. The van der Waals surface area contributed by atoms with Crippen LogP contribution in [0.15, 0.2) is 30.3 Å². The maximum Gasteiger partial charge on any atom is 0.325 e. The molecule has 32 heavy (non-hydrogen) atoms. The van der Waals surface area contributed by atoms with Crippen molar-refractivity contribution in [3.8, 4) is 0 Å². The number of benzene rings is 1. The molecule has 0 bridgehead atoms. The summed E-state index contributed by atoms with van der Waals surface area (Å²) in [4.78, 5) is 40.2. The van der Waals surface area contributed by atoms with Crippen molar-refractivity contribution in [2.75, 3.05) is 19.7 Å². The monoisotopic (exact) mass is 445 g/mol. The topological polar surface area (TPSA) is 87.7 Å². The molecule has 2 rings (SSSR count). The second-order valence-electron chi connectivity index (χ2n) is 9.05. The summed E-state index contributed by atoms with van der Waals surface area (Å²) in [5.74, 6) is -1.01. The zero-order valence-corrected chi connectivity index (χ0v) is 19.8. The fourth-order valence-electron chi connectivity index (χ4n) is 3.88. The summed E-state index contributed by atoms with van der Waals surface area (Å²) in [5.41, 5.74) is 0.00471. The highest BCUT2D eigenvalue weighted by Gasteiger charge is 2.34. The zero-order chi connectivity index (χ0) is 23.4. The molecule has 0 radical (unpaired) electrons. The van der Waals surface area contributed by atoms with Crippen molar-refractivity contribution in [3.63, 3.8) is 0 Å². The number of carbonyl (C=O) groups excluding carboxylic acids is 3. The number of hydrogen-bond donors (Lipinski definition) is 2. The molecule has 0 aliphatic carbocycles. The van der Waals surface area contributed by atoms with Gasteiger partial charge in [-0.25, -0.2) is 0 Å². The number of ether oxygens (including phenoxy) is 1. The molecular weight excluding hydrogens is 406 g/mol. The van der Waals surface area contributed by atoms with Gasteiger partial charge in [0.25, 0.3) is 0 Å². The van der Waals surface area contributed by atoms with Gasteiger partial charge in [0, 0.05) is 6.54 Å². The van der Waals surface area contributed by atoms with E-state index in [1.165, 1.54) is 0 Å². The predicted molar refractivity (Wildman–Crippen MR) is 125 cm³/mol. The van der Waals surface area contributed by atoms with Crippen molar-refractivity contribution < 1.29 is 19.1 Å². The molecule has 0 spiro atoms. The average molecular weight is 446 g/mol. The first kappa shape index (κ1) is 25.8. The first-order chi connectivity index (χ1) is 15.3. The normalized spacial score (nSPS) is 21.2. The molecule has 1 aliphatic heterocycles. The van der Waals surface area contributed by atoms with E-state index in [0.29, 0.717) is 26.1 Å². The highest BCUT2D eigenvalue weighted by atomic mass is 16.5. The number of rotatable bonds is 7. The van der Waals surface area contributed by atoms with Crippen molar-refractivity contribution in [1.82, 2.24) is 15.5 Å². The molecule has 1 aromatic carbocycles. The smallest absolute Gasteiger partial charge is 0.325 e. The number of nitrogens with one attached hydrogen (secondary N) is 2. The predicted octanol–water partition coefficient (Wildman–Crippen LogP) is 3.18. The molecule has 178 valence electrons. The second kappa shape index (κ2) is 13.2. The highest BCUT2D eigenvalue weighted by Crippen LogP contribution is 2.18. The van der Waals surface area contributed by atoms with E-state index in [-0.39, 0.29) is 18.5 Å². The van der Waals surface area contributed by atoms with Gasteiger partial charge >= 0.3 is 5.97 Å². The number of unbranched alkanes of at least 4 members (excludes halogenated alkanes) is 3. The molecule has 2 N–H and O–H groups in total. The number of amides is 2. The Kier molecular flexibility index (Phi) is 10.7. The van der Waals surface area contributed by atoms with E-state index in [0.717, 1.165) is 44.1 Å². The Hall–Kier alpha value is -2.41. The van der Waals surface area contributed by atoms with E-state index < -0.39 is 17.4 Å². The minimum absolute atomic E-state index is 0.141. The van der Waals surface area contributed by atoms with Gasteiger partial charge in [-0.3, -0.25) is 19.3 Å². The highest BCUT2D eigenvalue weighted by molar-refractivity contribution is 5.93. The Bertz CT molecular complexity index is 736. The van der Waals surface area contributed by atoms with Crippen LogP contribution in [0, 0.1) is 0 Å². The van der Waals surface area contributed by atoms with Crippen LogP contribution in [-0.2, 0) is 25.7 Å². The molecule has 1 fully saturated rings. The summed E-state index contributed by atoms with van der Waals surface area (Å²) in [7, 11) is 0. The molecule has 7 nitrogen and oxygen atoms in total. The summed E-state index contributed by atoms with van der Waals surface area (Å²) in [6, 6.07) is 9.79. The van der Waals surface area contributed by atoms with Crippen molar-refractivity contribution >= 4 is 17.8 Å². The molecule has 1 atom stereocenters. The minimum Gasteiger partial charge on any atom is -0.464 e. The van der Waals surface area contributed by atoms with Crippen molar-refractivity contribution in [2.45, 2.75) is 83.8 Å². The lowest BCUT2D eigenvalue weighted by Gasteiger charge is -2.34. The van der Waals surface area contributed by atoms with Crippen LogP contribution in [-0.4, -0.2) is 54.0 Å². The van der Waals surface area contributed by atoms with Crippen LogP contribution in [0.5, 0.6) is 0 Å². The van der Waals surface area contributed by atoms with Gasteiger partial charge in [0.15, 0.2) is 0 Å². The van der Waals surface area contributed by atoms with Crippen LogP contribution >= 0.6 is 0 Å². The summed E-state index contributed by atoms with van der Waals surface area (Å²) < 4.78 is 5.24. The number of nitrogens with zero attached hydrogens (tertiary/aromatic N) is 1. The van der Waals surface area contributed by atoms with Crippen LogP contribution in [0.2, 0.25) is 0 Å². The lowest BCUT2D eigenvalue weighted by Crippen LogP contribution is -2.59. The SMILES string of the molecule is CCCCCCC1C(=O)NC(C)(C)C(=O)NCC(=O)OCCCCN1Cc1ccccc1. The van der Waals surface area contributed by atoms with Crippen LogP contribution in [0.1, 0.15) is 71.3 Å². The Balaban J connectivity index is 2.26. The van der Waals surface area contributed by atoms with E-state index in [4.69, 9.17) is 4.74 Å². The summed E-state index contributed by atoms with van der Waals surface area (Å²) >= 11 is 0. The lowest BCUT2D eigenvalue weighted by atomic mass is 9.99. The van der Waals surface area contributed by atoms with Gasteiger partial charge in [0.05, 0.1) is 12.6 Å². The molecule has 7 heteroatoms. The standard InChI is InChI=1S/C25H39N3O4/c1-4-5-6-10-15-21-23(30)27-25(2,3)24(31)26-18-22(29)32-17-12-11-16-28(21)19-20-13-8-7-9-14-20/h7-9,13-14,21H,4-6,10-12,15-19H2,1-3H3,(H,26,31)(H,27,30). The molecule has 1 aromatic rings. The summed E-state index contributed by atoms with van der Waals surface area (Å²) in [6.07, 6.45) is 6.59. The van der Waals surface area contributed by atoms with E-state index in [1.807, 2.05) is 18.2 Å². The molecule has 0 saturated carbocycles. The third-order valence-corrected chi connectivity index (χ3v) is 5.80. The van der Waals surface area contributed by atoms with Crippen molar-refractivity contribution in [3.05, 3.63) is 35.9 Å². The number of esters is 1. The van der Waals surface area contributed by atoms with Gasteiger partial charge in [0.1, 0.15) is 12.1 Å². The summed E-state index contributed by atoms with van der Waals surface area (Å²) in [6.45, 7) is 6.97. The zero-order valence-electron chi connectivity index (χ0n) is 19.8. The molecular formula is C25H39N3O4. The van der Waals surface area contributed by atoms with E-state index in [9.17, 15) is 14.4 Å². The van der Waals surface area contributed by atoms with Gasteiger partial charge in [-0.05, 0) is 45.2 Å². The first-order valence-corrected chi connectivity index (χ1v) is 11.9. The number of cyclic esters (lactones) is 1. The lowest BCUT2D eigenvalue weighted by molar-refractivity contribution is -0.145. The Labute approximate surface area is 192 Å². The number of carbonyl (C=O) groups is 3. The fourth-order valence-corrected chi connectivity index (χ4v) is 3.88. The maximum absolute atomic E-state index is 13.4. The molecule has 1 unspecified atom stereocenters. The first-order valence-electron chi connectivity index (χ1n) is 11.9. The van der Waals surface area contributed by atoms with Crippen molar-refractivity contribution in [1.29, 1.82) is 0 Å². The largest absolute Gasteiger partial charge is 0.464 e. The third-order valence-electron chi connectivity index (χ3n) is 5.80. The fraction of sp³-hybridized carbons (Fsp3) is 0.640. The van der Waals surface area contributed by atoms with Gasteiger partial charge in [-0.1, -0.05) is 62.9 Å². The van der Waals surface area contributed by atoms with Gasteiger partial charge < -0.3 is 15.4 Å². The quantitative estimate of drug-likeness (QED) is 0.497. The van der Waals surface area contributed by atoms with Crippen LogP contribution in [0.4, 0.5) is 0 Å². The Morgan fingerprint density at radius 2 is 1.81 bits per heavy atom. The van der Waals surface area contributed by atoms with Gasteiger partial charge in [-0.15, -0.1) is 0 Å². The van der Waals surface area contributed by atoms with Crippen molar-refractivity contribution in [2.24, 2.45) is 0 Å². The van der Waals surface area contributed by atoms with E-state index in [2.05, 4.69) is 34.6 Å². The minimum atomic E-state index is -1.14. The van der Waals surface area contributed by atoms with E-state index in [1.54, 1.807) is 13.8 Å². The van der Waals surface area contributed by atoms with Crippen LogP contribution < -0.4 is 10.6 Å². The maximum atomic E-state index is 13.4. The Morgan fingerprint density at radius 3 is 2.53 bits per heavy atom. The van der Waals surface area contributed by atoms with Gasteiger partial charge in [0.2, 0.25) is 11.8 Å². The molecule has 0 aromatic heterocycles. The van der Waals surface area contributed by atoms with Gasteiger partial charge in [-0.2, -0.15) is 0 Å². The molecule has 2 amide bonds.